The Morgan fingerprint density at radius 2 is 0.583 bits per heavy atom. The number of hydrogen-bond donors (Lipinski definition) is 0. The summed E-state index contributed by atoms with van der Waals surface area (Å²) in [6.45, 7) is 8.61. The van der Waals surface area contributed by atoms with Crippen molar-refractivity contribution in [2.45, 2.75) is 264 Å². The van der Waals surface area contributed by atoms with Gasteiger partial charge in [0, 0.05) is 6.04 Å². The van der Waals surface area contributed by atoms with Gasteiger partial charge in [0.15, 0.2) is 0 Å². The number of carboxylic acids is 1. The molecular weight excluding hydrogens is 597 g/mol. The maximum Gasteiger partial charge on any atom is 1.00 e. The van der Waals surface area contributed by atoms with E-state index in [1.807, 2.05) is 0 Å². The van der Waals surface area contributed by atoms with E-state index in [1.165, 1.54) is 205 Å². The number of carboxylic acid groups (broad SMARTS) is 1. The third-order valence-electron chi connectivity index (χ3n) is 10.6. The van der Waals surface area contributed by atoms with Crippen LogP contribution < -0.4 is 34.7 Å². The number of carbonyl (C=O) groups is 1. The van der Waals surface area contributed by atoms with Crippen molar-refractivity contribution in [2.24, 2.45) is 0 Å². The average molecular weight is 686 g/mol. The summed E-state index contributed by atoms with van der Waals surface area (Å²) >= 11 is 0. The van der Waals surface area contributed by atoms with E-state index in [-0.39, 0.29) is 29.6 Å². The van der Waals surface area contributed by atoms with Gasteiger partial charge in [-0.25, -0.2) is 0 Å². The Morgan fingerprint density at radius 1 is 0.375 bits per heavy atom. The van der Waals surface area contributed by atoms with E-state index < -0.39 is 12.0 Å². The van der Waals surface area contributed by atoms with Crippen molar-refractivity contribution in [3.63, 3.8) is 0 Å². The monoisotopic (exact) mass is 686 g/mol. The van der Waals surface area contributed by atoms with Gasteiger partial charge >= 0.3 is 29.6 Å². The van der Waals surface area contributed by atoms with Crippen LogP contribution in [0.25, 0.3) is 0 Å². The summed E-state index contributed by atoms with van der Waals surface area (Å²) in [4.78, 5) is 14.3. The van der Waals surface area contributed by atoms with Crippen molar-refractivity contribution in [2.75, 3.05) is 13.1 Å². The van der Waals surface area contributed by atoms with Crippen molar-refractivity contribution < 1.29 is 39.5 Å². The van der Waals surface area contributed by atoms with Crippen LogP contribution in [-0.2, 0) is 4.79 Å². The normalized spacial score (nSPS) is 12.1. The Bertz CT molecular complexity index is 562. The number of carbonyl (C=O) groups excluding carboxylic acids is 1. The maximum absolute atomic E-state index is 12.1. The Hall–Kier alpha value is 0.430. The maximum atomic E-state index is 12.1. The molecular formula is C44H88NNaO2. The SMILES string of the molecule is CCCCCCCCCCCCCCCCCCCN(CCCCCCCCCCCCCCCCCCC)C(CCCC)C(=O)[O-].[Na+]. The molecule has 0 aliphatic heterocycles. The van der Waals surface area contributed by atoms with Gasteiger partial charge in [0.1, 0.15) is 0 Å². The van der Waals surface area contributed by atoms with Gasteiger partial charge < -0.3 is 9.90 Å². The Kier molecular flexibility index (Phi) is 45.9. The van der Waals surface area contributed by atoms with E-state index in [0.29, 0.717) is 0 Å². The Labute approximate surface area is 326 Å². The first-order valence-electron chi connectivity index (χ1n) is 22.1. The third kappa shape index (κ3) is 37.7. The molecule has 0 aromatic carbocycles. The molecule has 0 aromatic rings. The number of rotatable bonds is 41. The second-order valence-electron chi connectivity index (χ2n) is 15.3. The minimum absolute atomic E-state index is 0. The summed E-state index contributed by atoms with van der Waals surface area (Å²) in [6.07, 6.45) is 49.7. The van der Waals surface area contributed by atoms with E-state index in [1.54, 1.807) is 0 Å². The van der Waals surface area contributed by atoms with Crippen LogP contribution in [0.1, 0.15) is 258 Å². The molecule has 0 spiro atoms. The zero-order chi connectivity index (χ0) is 34.3. The van der Waals surface area contributed by atoms with Crippen LogP contribution in [0.3, 0.4) is 0 Å². The first-order chi connectivity index (χ1) is 23.2. The van der Waals surface area contributed by atoms with Crippen LogP contribution in [-0.4, -0.2) is 30.0 Å². The van der Waals surface area contributed by atoms with Crippen molar-refractivity contribution in [3.05, 3.63) is 0 Å². The summed E-state index contributed by atoms with van der Waals surface area (Å²) in [6, 6.07) is -0.392. The first kappa shape index (κ1) is 50.5. The van der Waals surface area contributed by atoms with Crippen molar-refractivity contribution >= 4 is 5.97 Å². The molecule has 4 heteroatoms. The van der Waals surface area contributed by atoms with E-state index in [2.05, 4.69) is 25.7 Å². The number of hydrogen-bond acceptors (Lipinski definition) is 3. The fourth-order valence-electron chi connectivity index (χ4n) is 7.35. The summed E-state index contributed by atoms with van der Waals surface area (Å²) in [5.74, 6) is -0.850. The zero-order valence-corrected chi connectivity index (χ0v) is 35.9. The largest absolute Gasteiger partial charge is 1.00 e. The van der Waals surface area contributed by atoms with Gasteiger partial charge in [-0.1, -0.05) is 239 Å². The molecule has 0 rings (SSSR count). The predicted octanol–water partition coefficient (Wildman–Crippen LogP) is 10.9. The molecule has 0 amide bonds. The molecule has 282 valence electrons. The Balaban J connectivity index is 0. The average Bonchev–Trinajstić information content (AvgIpc) is 3.07. The summed E-state index contributed by atoms with van der Waals surface area (Å²) in [5, 5.41) is 12.1. The molecule has 0 aromatic heterocycles. The van der Waals surface area contributed by atoms with Crippen LogP contribution >= 0.6 is 0 Å². The molecule has 3 nitrogen and oxygen atoms in total. The van der Waals surface area contributed by atoms with Crippen molar-refractivity contribution in [1.82, 2.24) is 4.90 Å². The minimum atomic E-state index is -0.850. The van der Waals surface area contributed by atoms with E-state index >= 15 is 0 Å². The second kappa shape index (κ2) is 43.6. The van der Waals surface area contributed by atoms with Crippen LogP contribution in [0, 0.1) is 0 Å². The van der Waals surface area contributed by atoms with Crippen LogP contribution in [0.2, 0.25) is 0 Å². The number of nitrogens with zero attached hydrogens (tertiary/aromatic N) is 1. The van der Waals surface area contributed by atoms with Gasteiger partial charge in [0.25, 0.3) is 0 Å². The van der Waals surface area contributed by atoms with Gasteiger partial charge in [-0.3, -0.25) is 4.90 Å². The zero-order valence-electron chi connectivity index (χ0n) is 33.9. The van der Waals surface area contributed by atoms with Crippen LogP contribution in [0.15, 0.2) is 0 Å². The van der Waals surface area contributed by atoms with E-state index in [4.69, 9.17) is 0 Å². The van der Waals surface area contributed by atoms with E-state index in [9.17, 15) is 9.90 Å². The molecule has 0 heterocycles. The van der Waals surface area contributed by atoms with Gasteiger partial charge in [0.2, 0.25) is 0 Å². The second-order valence-corrected chi connectivity index (χ2v) is 15.3. The molecule has 0 saturated heterocycles. The summed E-state index contributed by atoms with van der Waals surface area (Å²) < 4.78 is 0. The summed E-state index contributed by atoms with van der Waals surface area (Å²) in [7, 11) is 0. The van der Waals surface area contributed by atoms with Crippen molar-refractivity contribution in [1.29, 1.82) is 0 Å². The van der Waals surface area contributed by atoms with Gasteiger partial charge in [-0.2, -0.15) is 0 Å². The topological polar surface area (TPSA) is 43.4 Å². The van der Waals surface area contributed by atoms with Crippen LogP contribution in [0.4, 0.5) is 0 Å². The fourth-order valence-corrected chi connectivity index (χ4v) is 7.35. The molecule has 0 bridgehead atoms. The molecule has 1 unspecified atom stereocenters. The first-order valence-corrected chi connectivity index (χ1v) is 22.1. The molecule has 0 N–H and O–H groups in total. The molecule has 0 aliphatic carbocycles. The summed E-state index contributed by atoms with van der Waals surface area (Å²) in [5.41, 5.74) is 0. The van der Waals surface area contributed by atoms with Gasteiger partial charge in [-0.05, 0) is 32.4 Å². The predicted molar refractivity (Wildman–Crippen MR) is 208 cm³/mol. The van der Waals surface area contributed by atoms with Crippen LogP contribution in [0.5, 0.6) is 0 Å². The Morgan fingerprint density at radius 3 is 0.792 bits per heavy atom. The number of aliphatic carboxylic acids is 1. The van der Waals surface area contributed by atoms with E-state index in [0.717, 1.165) is 45.2 Å². The standard InChI is InChI=1S/C44H89NO2.Na/c1-4-7-10-12-14-16-18-20-22-24-26-28-30-32-34-36-38-41-45(43(44(46)47)40-9-6-3)42-39-37-35-33-31-29-27-25-23-21-19-17-15-13-11-8-5-2;/h43H,4-42H2,1-3H3,(H,46,47);/q;+1/p-1. The third-order valence-corrected chi connectivity index (χ3v) is 10.6. The molecule has 0 fully saturated rings. The fraction of sp³-hybridized carbons (Fsp3) is 0.977. The van der Waals surface area contributed by atoms with Crippen molar-refractivity contribution in [3.8, 4) is 0 Å². The number of unbranched alkanes of at least 4 members (excludes halogenated alkanes) is 33. The van der Waals surface area contributed by atoms with Gasteiger partial charge in [-0.15, -0.1) is 0 Å². The molecule has 0 radical (unpaired) electrons. The van der Waals surface area contributed by atoms with Gasteiger partial charge in [0.05, 0.1) is 5.97 Å². The minimum Gasteiger partial charge on any atom is -0.548 e. The molecule has 0 saturated carbocycles. The molecule has 0 aliphatic rings. The molecule has 1 atom stereocenters. The molecule has 48 heavy (non-hydrogen) atoms. The smallest absolute Gasteiger partial charge is 0.548 e. The quantitative estimate of drug-likeness (QED) is 0.0475.